The van der Waals surface area contributed by atoms with Crippen LogP contribution >= 0.6 is 0 Å². The van der Waals surface area contributed by atoms with Gasteiger partial charge in [0.15, 0.2) is 0 Å². The minimum absolute atomic E-state index is 0.0918. The van der Waals surface area contributed by atoms with Crippen LogP contribution in [-0.4, -0.2) is 52.2 Å². The van der Waals surface area contributed by atoms with E-state index in [0.717, 1.165) is 54.6 Å². The molecule has 1 N–H and O–H groups in total. The topological polar surface area (TPSA) is 72.3 Å². The van der Waals surface area contributed by atoms with E-state index in [1.165, 1.54) is 32.1 Å². The molecule has 0 aromatic carbocycles. The molecule has 5 rings (SSSR count). The van der Waals surface area contributed by atoms with Crippen LogP contribution in [0.15, 0.2) is 0 Å². The second-order valence-corrected chi connectivity index (χ2v) is 8.58. The van der Waals surface area contributed by atoms with Crippen LogP contribution in [0.3, 0.4) is 0 Å². The second kappa shape index (κ2) is 6.51. The third kappa shape index (κ3) is 2.63. The van der Waals surface area contributed by atoms with Gasteiger partial charge in [-0.2, -0.15) is 0 Å². The van der Waals surface area contributed by atoms with Gasteiger partial charge in [-0.1, -0.05) is 11.6 Å². The number of ether oxygens (including phenoxy) is 1. The van der Waals surface area contributed by atoms with Gasteiger partial charge in [-0.25, -0.2) is 9.48 Å². The summed E-state index contributed by atoms with van der Waals surface area (Å²) in [6, 6.07) is 0.486. The zero-order valence-electron chi connectivity index (χ0n) is 15.6. The van der Waals surface area contributed by atoms with E-state index in [2.05, 4.69) is 15.6 Å². The van der Waals surface area contributed by atoms with E-state index >= 15 is 0 Å². The van der Waals surface area contributed by atoms with E-state index < -0.39 is 0 Å². The number of hydrogen-bond donors (Lipinski definition) is 1. The third-order valence-electron chi connectivity index (χ3n) is 7.41. The first-order chi connectivity index (χ1) is 12.7. The van der Waals surface area contributed by atoms with Gasteiger partial charge in [-0.05, 0) is 49.4 Å². The van der Waals surface area contributed by atoms with Gasteiger partial charge in [0, 0.05) is 26.1 Å². The van der Waals surface area contributed by atoms with E-state index in [9.17, 15) is 4.79 Å². The van der Waals surface area contributed by atoms with Crippen LogP contribution in [0.5, 0.6) is 0 Å². The van der Waals surface area contributed by atoms with Crippen molar-refractivity contribution >= 4 is 6.03 Å². The highest BCUT2D eigenvalue weighted by Crippen LogP contribution is 2.58. The fraction of sp³-hybridized carbons (Fsp3) is 0.842. The van der Waals surface area contributed by atoms with Crippen LogP contribution in [0, 0.1) is 23.7 Å². The molecule has 1 aliphatic heterocycles. The van der Waals surface area contributed by atoms with Crippen LogP contribution in [0.2, 0.25) is 0 Å². The monoisotopic (exact) mass is 359 g/mol. The lowest BCUT2D eigenvalue weighted by Gasteiger charge is -2.34. The summed E-state index contributed by atoms with van der Waals surface area (Å²) < 4.78 is 7.05. The van der Waals surface area contributed by atoms with Gasteiger partial charge in [0.05, 0.1) is 25.4 Å². The Bertz CT molecular complexity index is 689. The highest BCUT2D eigenvalue weighted by molar-refractivity contribution is 5.75. The number of carbonyl (C=O) groups excluding carboxylic acids is 1. The molecule has 1 aromatic heterocycles. The maximum absolute atomic E-state index is 12.9. The van der Waals surface area contributed by atoms with Crippen LogP contribution in [0.4, 0.5) is 4.79 Å². The fourth-order valence-corrected chi connectivity index (χ4v) is 6.28. The Balaban J connectivity index is 1.20. The molecule has 5 atom stereocenters. The molecule has 0 saturated heterocycles. The Kier molecular flexibility index (Phi) is 4.14. The molecular weight excluding hydrogens is 330 g/mol. The quantitative estimate of drug-likeness (QED) is 0.890. The second-order valence-electron chi connectivity index (χ2n) is 8.58. The van der Waals surface area contributed by atoms with Gasteiger partial charge >= 0.3 is 6.03 Å². The van der Waals surface area contributed by atoms with Gasteiger partial charge in [0.25, 0.3) is 0 Å². The number of aromatic nitrogens is 3. The molecular formula is C19H29N5O2. The molecule has 3 saturated carbocycles. The fourth-order valence-electron chi connectivity index (χ4n) is 6.28. The van der Waals surface area contributed by atoms with Gasteiger partial charge < -0.3 is 15.0 Å². The first kappa shape index (κ1) is 16.5. The smallest absolute Gasteiger partial charge is 0.317 e. The Morgan fingerprint density at radius 3 is 3.04 bits per heavy atom. The Morgan fingerprint density at radius 1 is 1.27 bits per heavy atom. The zero-order chi connectivity index (χ0) is 17.7. The van der Waals surface area contributed by atoms with Crippen LogP contribution in [0.25, 0.3) is 0 Å². The van der Waals surface area contributed by atoms with Crippen molar-refractivity contribution < 1.29 is 9.53 Å². The molecule has 26 heavy (non-hydrogen) atoms. The summed E-state index contributed by atoms with van der Waals surface area (Å²) in [5, 5.41) is 11.9. The number of rotatable bonds is 4. The lowest BCUT2D eigenvalue weighted by molar-refractivity contribution is 0.165. The van der Waals surface area contributed by atoms with Crippen molar-refractivity contribution in [3.63, 3.8) is 0 Å². The largest absolute Gasteiger partial charge is 0.383 e. The summed E-state index contributed by atoms with van der Waals surface area (Å²) in [4.78, 5) is 14.8. The number of amides is 2. The third-order valence-corrected chi connectivity index (χ3v) is 7.41. The van der Waals surface area contributed by atoms with Crippen LogP contribution in [0.1, 0.15) is 43.5 Å². The lowest BCUT2D eigenvalue weighted by Crippen LogP contribution is -2.49. The van der Waals surface area contributed by atoms with E-state index in [0.29, 0.717) is 19.2 Å². The summed E-state index contributed by atoms with van der Waals surface area (Å²) in [5.41, 5.74) is 2.09. The van der Waals surface area contributed by atoms with Crippen molar-refractivity contribution in [3.8, 4) is 0 Å². The number of hydrogen-bond acceptors (Lipinski definition) is 4. The van der Waals surface area contributed by atoms with Gasteiger partial charge in [-0.3, -0.25) is 0 Å². The number of nitrogens with zero attached hydrogens (tertiary/aromatic N) is 4. The standard InChI is InChI=1S/C19H29N5O2/c1-26-8-7-24-18-5-6-23(11-17(18)21-22-24)19(25)20-16-10-12-9-15(16)14-4-2-3-13(12)14/h12-16H,2-11H2,1H3,(H,20,25). The van der Waals surface area contributed by atoms with Crippen LogP contribution < -0.4 is 5.32 Å². The van der Waals surface area contributed by atoms with Gasteiger partial charge in [0.1, 0.15) is 5.69 Å². The number of urea groups is 1. The molecule has 3 aliphatic carbocycles. The summed E-state index contributed by atoms with van der Waals surface area (Å²) in [7, 11) is 1.69. The van der Waals surface area contributed by atoms with Crippen molar-refractivity contribution in [2.24, 2.45) is 23.7 Å². The number of methoxy groups -OCH3 is 1. The summed E-state index contributed by atoms with van der Waals surface area (Å²) in [6.45, 7) is 2.66. The Labute approximate surface area is 154 Å². The maximum atomic E-state index is 12.9. The molecule has 7 nitrogen and oxygen atoms in total. The number of fused-ring (bicyclic) bond motifs is 6. The summed E-state index contributed by atoms with van der Waals surface area (Å²) >= 11 is 0. The molecule has 142 valence electrons. The predicted octanol–water partition coefficient (Wildman–Crippen LogP) is 1.82. The normalized spacial score (nSPS) is 34.8. The minimum Gasteiger partial charge on any atom is -0.383 e. The molecule has 0 radical (unpaired) electrons. The van der Waals surface area contributed by atoms with E-state index in [4.69, 9.17) is 4.74 Å². The van der Waals surface area contributed by atoms with Gasteiger partial charge in [0.2, 0.25) is 0 Å². The van der Waals surface area contributed by atoms with E-state index in [-0.39, 0.29) is 6.03 Å². The Hall–Kier alpha value is -1.63. The van der Waals surface area contributed by atoms with Crippen molar-refractivity contribution in [1.29, 1.82) is 0 Å². The van der Waals surface area contributed by atoms with Crippen LogP contribution in [-0.2, 0) is 24.2 Å². The minimum atomic E-state index is 0.0918. The number of carbonyl (C=O) groups is 1. The van der Waals surface area contributed by atoms with Gasteiger partial charge in [-0.15, -0.1) is 5.10 Å². The SMILES string of the molecule is COCCn1nnc2c1CCN(C(=O)NC1CC3CC1C1CCCC31)C2. The van der Waals surface area contributed by atoms with Crippen molar-refractivity contribution in [3.05, 3.63) is 11.4 Å². The molecule has 3 fully saturated rings. The predicted molar refractivity (Wildman–Crippen MR) is 95.4 cm³/mol. The van der Waals surface area contributed by atoms with E-state index in [1.807, 2.05) is 9.58 Å². The first-order valence-electron chi connectivity index (χ1n) is 10.2. The van der Waals surface area contributed by atoms with Crippen molar-refractivity contribution in [2.75, 3.05) is 20.3 Å². The molecule has 4 aliphatic rings. The maximum Gasteiger partial charge on any atom is 0.317 e. The molecule has 0 spiro atoms. The summed E-state index contributed by atoms with van der Waals surface area (Å²) in [5.74, 6) is 3.44. The first-order valence-corrected chi connectivity index (χ1v) is 10.2. The van der Waals surface area contributed by atoms with E-state index in [1.54, 1.807) is 7.11 Å². The Morgan fingerprint density at radius 2 is 2.15 bits per heavy atom. The highest BCUT2D eigenvalue weighted by atomic mass is 16.5. The van der Waals surface area contributed by atoms with Crippen molar-refractivity contribution in [2.45, 2.75) is 57.7 Å². The highest BCUT2D eigenvalue weighted by Gasteiger charge is 2.54. The molecule has 2 amide bonds. The zero-order valence-corrected chi connectivity index (χ0v) is 15.6. The molecule has 7 heteroatoms. The summed E-state index contributed by atoms with van der Waals surface area (Å²) in [6.07, 6.45) is 7.58. The average Bonchev–Trinajstić information content (AvgIpc) is 3.40. The average molecular weight is 359 g/mol. The molecule has 2 heterocycles. The molecule has 2 bridgehead atoms. The lowest BCUT2D eigenvalue weighted by atomic mass is 9.79. The van der Waals surface area contributed by atoms with Crippen molar-refractivity contribution in [1.82, 2.24) is 25.2 Å². The molecule has 1 aromatic rings. The number of nitrogens with one attached hydrogen (secondary N) is 1. The molecule has 5 unspecified atom stereocenters.